The first-order valence-corrected chi connectivity index (χ1v) is 9.99. The molecule has 0 radical (unpaired) electrons. The second-order valence-corrected chi connectivity index (χ2v) is 8.45. The highest BCUT2D eigenvalue weighted by molar-refractivity contribution is 6.00. The molecule has 0 saturated carbocycles. The number of piperazine rings is 1. The standard InChI is InChI=1S/C22H25N3O3/c1-22(8-10-28-14-22)21(27)25-13-16-11-17(25)12-24(16)20(26)19-18(7-9-23-19)15-5-3-2-4-6-15/h2-7,9,16-17,23H,8,10-14H2,1H3/t16-,17-,22?/m0/s1. The first kappa shape index (κ1) is 17.5. The summed E-state index contributed by atoms with van der Waals surface area (Å²) in [5.41, 5.74) is 2.19. The quantitative estimate of drug-likeness (QED) is 0.891. The van der Waals surface area contributed by atoms with Gasteiger partial charge < -0.3 is 19.5 Å². The number of amides is 2. The van der Waals surface area contributed by atoms with E-state index in [9.17, 15) is 9.59 Å². The van der Waals surface area contributed by atoms with Crippen molar-refractivity contribution in [3.05, 3.63) is 48.3 Å². The van der Waals surface area contributed by atoms with Crippen LogP contribution in [0.15, 0.2) is 42.6 Å². The zero-order chi connectivity index (χ0) is 19.3. The minimum Gasteiger partial charge on any atom is -0.380 e. The molecule has 28 heavy (non-hydrogen) atoms. The first-order chi connectivity index (χ1) is 13.6. The molecule has 3 aliphatic rings. The number of hydrogen-bond donors (Lipinski definition) is 1. The van der Waals surface area contributed by atoms with Gasteiger partial charge in [-0.25, -0.2) is 0 Å². The number of aromatic nitrogens is 1. The molecule has 6 nitrogen and oxygen atoms in total. The maximum atomic E-state index is 13.3. The van der Waals surface area contributed by atoms with Crippen LogP contribution in [0.1, 0.15) is 30.3 Å². The zero-order valence-corrected chi connectivity index (χ0v) is 16.1. The van der Waals surface area contributed by atoms with E-state index in [4.69, 9.17) is 4.74 Å². The molecule has 3 atom stereocenters. The summed E-state index contributed by atoms with van der Waals surface area (Å²) in [6.07, 6.45) is 3.47. The van der Waals surface area contributed by atoms with Gasteiger partial charge in [0.1, 0.15) is 5.69 Å². The molecular formula is C22H25N3O3. The van der Waals surface area contributed by atoms with Crippen LogP contribution in [0.4, 0.5) is 0 Å². The largest absolute Gasteiger partial charge is 0.380 e. The SMILES string of the molecule is CC1(C(=O)N2C[C@@H]3C[C@H]2CN3C(=O)c2[nH]ccc2-c2ccccc2)CCOC1. The van der Waals surface area contributed by atoms with Crippen molar-refractivity contribution in [2.45, 2.75) is 31.8 Å². The molecule has 3 fully saturated rings. The molecule has 1 aromatic heterocycles. The van der Waals surface area contributed by atoms with Crippen molar-refractivity contribution in [1.82, 2.24) is 14.8 Å². The topological polar surface area (TPSA) is 65.6 Å². The van der Waals surface area contributed by atoms with Gasteiger partial charge >= 0.3 is 0 Å². The molecule has 3 saturated heterocycles. The molecule has 1 N–H and O–H groups in total. The lowest BCUT2D eigenvalue weighted by Crippen LogP contribution is -2.54. The van der Waals surface area contributed by atoms with Gasteiger partial charge in [-0.1, -0.05) is 30.3 Å². The van der Waals surface area contributed by atoms with Gasteiger partial charge in [0.2, 0.25) is 5.91 Å². The Morgan fingerprint density at radius 1 is 1.11 bits per heavy atom. The smallest absolute Gasteiger partial charge is 0.271 e. The number of rotatable bonds is 3. The number of hydrogen-bond acceptors (Lipinski definition) is 3. The molecule has 3 aliphatic heterocycles. The lowest BCUT2D eigenvalue weighted by molar-refractivity contribution is -0.143. The number of likely N-dealkylation sites (tertiary alicyclic amines) is 2. The van der Waals surface area contributed by atoms with E-state index >= 15 is 0 Å². The van der Waals surface area contributed by atoms with Gasteiger partial charge in [0.25, 0.3) is 5.91 Å². The second kappa shape index (κ2) is 6.48. The fraction of sp³-hybridized carbons (Fsp3) is 0.455. The van der Waals surface area contributed by atoms with Crippen LogP contribution in [0.5, 0.6) is 0 Å². The lowest BCUT2D eigenvalue weighted by atomic mass is 9.88. The van der Waals surface area contributed by atoms with E-state index in [-0.39, 0.29) is 23.9 Å². The maximum absolute atomic E-state index is 13.3. The molecule has 0 aliphatic carbocycles. The summed E-state index contributed by atoms with van der Waals surface area (Å²) in [5, 5.41) is 0. The summed E-state index contributed by atoms with van der Waals surface area (Å²) < 4.78 is 5.47. The number of benzene rings is 1. The summed E-state index contributed by atoms with van der Waals surface area (Å²) in [7, 11) is 0. The molecule has 2 bridgehead atoms. The lowest BCUT2D eigenvalue weighted by Gasteiger charge is -2.37. The van der Waals surface area contributed by atoms with Gasteiger partial charge in [-0.2, -0.15) is 0 Å². The van der Waals surface area contributed by atoms with Crippen molar-refractivity contribution >= 4 is 11.8 Å². The molecule has 2 amide bonds. The minimum absolute atomic E-state index is 0.0267. The van der Waals surface area contributed by atoms with Crippen LogP contribution in [-0.2, 0) is 9.53 Å². The summed E-state index contributed by atoms with van der Waals surface area (Å²) in [4.78, 5) is 33.4. The van der Waals surface area contributed by atoms with E-state index in [1.807, 2.05) is 59.3 Å². The van der Waals surface area contributed by atoms with E-state index < -0.39 is 5.41 Å². The molecular weight excluding hydrogens is 354 g/mol. The van der Waals surface area contributed by atoms with E-state index in [0.29, 0.717) is 32.0 Å². The number of carbonyl (C=O) groups excluding carboxylic acids is 2. The molecule has 1 aromatic carbocycles. The van der Waals surface area contributed by atoms with Crippen LogP contribution >= 0.6 is 0 Å². The van der Waals surface area contributed by atoms with E-state index in [1.54, 1.807) is 0 Å². The van der Waals surface area contributed by atoms with Crippen molar-refractivity contribution in [3.63, 3.8) is 0 Å². The number of nitrogens with zero attached hydrogens (tertiary/aromatic N) is 2. The Morgan fingerprint density at radius 3 is 2.54 bits per heavy atom. The Kier molecular flexibility index (Phi) is 4.05. The summed E-state index contributed by atoms with van der Waals surface area (Å²) in [6, 6.07) is 12.1. The number of aromatic amines is 1. The third-order valence-corrected chi connectivity index (χ3v) is 6.54. The van der Waals surface area contributed by atoms with Gasteiger partial charge in [0, 0.05) is 31.5 Å². The second-order valence-electron chi connectivity index (χ2n) is 8.45. The Balaban J connectivity index is 1.33. The van der Waals surface area contributed by atoms with Crippen LogP contribution in [0.2, 0.25) is 0 Å². The highest BCUT2D eigenvalue weighted by Crippen LogP contribution is 2.38. The van der Waals surface area contributed by atoms with E-state index in [1.165, 1.54) is 0 Å². The molecule has 4 heterocycles. The predicted molar refractivity (Wildman–Crippen MR) is 105 cm³/mol. The van der Waals surface area contributed by atoms with E-state index in [2.05, 4.69) is 4.98 Å². The maximum Gasteiger partial charge on any atom is 0.271 e. The normalized spacial score (nSPS) is 28.9. The van der Waals surface area contributed by atoms with Crippen molar-refractivity contribution in [1.29, 1.82) is 0 Å². The Hall–Kier alpha value is -2.60. The van der Waals surface area contributed by atoms with E-state index in [0.717, 1.165) is 24.0 Å². The van der Waals surface area contributed by atoms with Crippen LogP contribution in [0, 0.1) is 5.41 Å². The fourth-order valence-corrected chi connectivity index (χ4v) is 4.90. The summed E-state index contributed by atoms with van der Waals surface area (Å²) in [6.45, 7) is 4.41. The van der Waals surface area contributed by atoms with Crippen molar-refractivity contribution in [2.24, 2.45) is 5.41 Å². The van der Waals surface area contributed by atoms with Gasteiger partial charge in [-0.3, -0.25) is 9.59 Å². The molecule has 146 valence electrons. The minimum atomic E-state index is -0.404. The van der Waals surface area contributed by atoms with Crippen LogP contribution < -0.4 is 0 Å². The van der Waals surface area contributed by atoms with Gasteiger partial charge in [-0.05, 0) is 31.4 Å². The zero-order valence-electron chi connectivity index (χ0n) is 16.1. The van der Waals surface area contributed by atoms with Crippen LogP contribution in [0.3, 0.4) is 0 Å². The van der Waals surface area contributed by atoms with Gasteiger partial charge in [0.15, 0.2) is 0 Å². The number of ether oxygens (including phenoxy) is 1. The summed E-state index contributed by atoms with van der Waals surface area (Å²) >= 11 is 0. The summed E-state index contributed by atoms with van der Waals surface area (Å²) in [5.74, 6) is 0.216. The highest BCUT2D eigenvalue weighted by Gasteiger charge is 2.51. The Bertz CT molecular complexity index is 901. The van der Waals surface area contributed by atoms with Crippen molar-refractivity contribution in [2.75, 3.05) is 26.3 Å². The predicted octanol–water partition coefficient (Wildman–Crippen LogP) is 2.53. The van der Waals surface area contributed by atoms with Gasteiger partial charge in [0.05, 0.1) is 24.1 Å². The molecule has 1 unspecified atom stereocenters. The van der Waals surface area contributed by atoms with Crippen molar-refractivity contribution in [3.8, 4) is 11.1 Å². The molecule has 6 heteroatoms. The number of carbonyl (C=O) groups is 2. The third kappa shape index (κ3) is 2.66. The number of H-pyrrole nitrogens is 1. The molecule has 0 spiro atoms. The van der Waals surface area contributed by atoms with Gasteiger partial charge in [-0.15, -0.1) is 0 Å². The van der Waals surface area contributed by atoms with Crippen LogP contribution in [0.25, 0.3) is 11.1 Å². The average Bonchev–Trinajstić information content (AvgIpc) is 3.50. The Labute approximate surface area is 164 Å². The first-order valence-electron chi connectivity index (χ1n) is 9.99. The van der Waals surface area contributed by atoms with Crippen LogP contribution in [-0.4, -0.2) is 65.0 Å². The fourth-order valence-electron chi connectivity index (χ4n) is 4.90. The molecule has 2 aromatic rings. The number of nitrogens with one attached hydrogen (secondary N) is 1. The molecule has 5 rings (SSSR count). The third-order valence-electron chi connectivity index (χ3n) is 6.54. The van der Waals surface area contributed by atoms with Crippen molar-refractivity contribution < 1.29 is 14.3 Å². The highest BCUT2D eigenvalue weighted by atomic mass is 16.5. The Morgan fingerprint density at radius 2 is 1.86 bits per heavy atom. The monoisotopic (exact) mass is 379 g/mol. The average molecular weight is 379 g/mol. The number of fused-ring (bicyclic) bond motifs is 2.